The van der Waals surface area contributed by atoms with E-state index in [2.05, 4.69) is 81.6 Å². The first-order valence-corrected chi connectivity index (χ1v) is 9.00. The first-order valence-electron chi connectivity index (χ1n) is 8.21. The molecule has 1 aliphatic rings. The molecule has 0 aromatic heterocycles. The van der Waals surface area contributed by atoms with E-state index in [0.717, 1.165) is 36.2 Å². The number of rotatable bonds is 3. The van der Waals surface area contributed by atoms with Gasteiger partial charge in [-0.25, -0.2) is 4.79 Å². The van der Waals surface area contributed by atoms with Gasteiger partial charge in [0.05, 0.1) is 0 Å². The second-order valence-corrected chi connectivity index (χ2v) is 7.01. The van der Waals surface area contributed by atoms with E-state index in [1.165, 1.54) is 11.3 Å². The lowest BCUT2D eigenvalue weighted by Gasteiger charge is -2.36. The Bertz CT molecular complexity index is 677. The predicted molar refractivity (Wildman–Crippen MR) is 101 cm³/mol. The van der Waals surface area contributed by atoms with Gasteiger partial charge >= 0.3 is 6.03 Å². The number of benzene rings is 2. The van der Waals surface area contributed by atoms with Crippen LogP contribution in [0.25, 0.3) is 0 Å². The van der Waals surface area contributed by atoms with E-state index in [0.29, 0.717) is 6.54 Å². The van der Waals surface area contributed by atoms with Crippen LogP contribution in [0.4, 0.5) is 10.5 Å². The summed E-state index contributed by atoms with van der Waals surface area (Å²) in [4.78, 5) is 16.5. The first-order chi connectivity index (χ1) is 11.6. The minimum atomic E-state index is 0.0195. The topological polar surface area (TPSA) is 35.6 Å². The summed E-state index contributed by atoms with van der Waals surface area (Å²) in [6, 6.07) is 16.6. The molecule has 1 fully saturated rings. The van der Waals surface area contributed by atoms with Crippen molar-refractivity contribution in [1.82, 2.24) is 10.2 Å². The number of hydrogen-bond donors (Lipinski definition) is 1. The van der Waals surface area contributed by atoms with E-state index in [1.807, 2.05) is 4.90 Å². The van der Waals surface area contributed by atoms with Crippen molar-refractivity contribution in [2.24, 2.45) is 0 Å². The third kappa shape index (κ3) is 4.29. The normalized spacial score (nSPS) is 14.6. The van der Waals surface area contributed by atoms with Crippen LogP contribution in [-0.2, 0) is 6.54 Å². The molecular formula is C19H22BrN3O. The summed E-state index contributed by atoms with van der Waals surface area (Å²) in [5.41, 5.74) is 3.56. The van der Waals surface area contributed by atoms with Gasteiger partial charge in [-0.2, -0.15) is 0 Å². The molecule has 24 heavy (non-hydrogen) atoms. The average molecular weight is 388 g/mol. The Labute approximate surface area is 151 Å². The number of anilines is 1. The molecule has 0 atom stereocenters. The number of carbonyl (C=O) groups excluding carboxylic acids is 1. The fourth-order valence-electron chi connectivity index (χ4n) is 2.82. The van der Waals surface area contributed by atoms with Crippen LogP contribution in [0.5, 0.6) is 0 Å². The number of piperazine rings is 1. The van der Waals surface area contributed by atoms with E-state index in [4.69, 9.17) is 0 Å². The van der Waals surface area contributed by atoms with Crippen molar-refractivity contribution in [2.45, 2.75) is 13.5 Å². The standard InChI is InChI=1S/C19H22BrN3O/c1-15-2-4-16(5-3-15)14-21-19(24)23-12-10-22(11-13-23)18-8-6-17(20)7-9-18/h2-9H,10-14H2,1H3,(H,21,24). The molecule has 1 aliphatic heterocycles. The fourth-order valence-corrected chi connectivity index (χ4v) is 3.08. The highest BCUT2D eigenvalue weighted by molar-refractivity contribution is 9.10. The summed E-state index contributed by atoms with van der Waals surface area (Å²) in [5, 5.41) is 3.01. The fraction of sp³-hybridized carbons (Fsp3) is 0.316. The predicted octanol–water partition coefficient (Wildman–Crippen LogP) is 3.79. The van der Waals surface area contributed by atoms with Crippen LogP contribution in [0, 0.1) is 6.92 Å². The van der Waals surface area contributed by atoms with E-state index in [-0.39, 0.29) is 6.03 Å². The number of nitrogens with one attached hydrogen (secondary N) is 1. The Morgan fingerprint density at radius 1 is 1.00 bits per heavy atom. The van der Waals surface area contributed by atoms with Crippen LogP contribution >= 0.6 is 15.9 Å². The Morgan fingerprint density at radius 3 is 2.25 bits per heavy atom. The minimum absolute atomic E-state index is 0.0195. The van der Waals surface area contributed by atoms with Crippen LogP contribution in [0.2, 0.25) is 0 Å². The van der Waals surface area contributed by atoms with Gasteiger partial charge in [-0.15, -0.1) is 0 Å². The van der Waals surface area contributed by atoms with Crippen molar-refractivity contribution in [3.8, 4) is 0 Å². The van der Waals surface area contributed by atoms with Crippen LogP contribution in [0.1, 0.15) is 11.1 Å². The molecular weight excluding hydrogens is 366 g/mol. The number of urea groups is 1. The maximum atomic E-state index is 12.3. The molecule has 1 N–H and O–H groups in total. The van der Waals surface area contributed by atoms with Crippen molar-refractivity contribution in [3.63, 3.8) is 0 Å². The maximum absolute atomic E-state index is 12.3. The average Bonchev–Trinajstić information content (AvgIpc) is 2.62. The molecule has 2 aromatic carbocycles. The van der Waals surface area contributed by atoms with Crippen molar-refractivity contribution in [3.05, 3.63) is 64.1 Å². The third-order valence-electron chi connectivity index (χ3n) is 4.32. The van der Waals surface area contributed by atoms with Gasteiger partial charge in [0.25, 0.3) is 0 Å². The molecule has 0 aliphatic carbocycles. The van der Waals surface area contributed by atoms with Gasteiger partial charge < -0.3 is 15.1 Å². The molecule has 2 amide bonds. The van der Waals surface area contributed by atoms with Gasteiger partial charge in [0.1, 0.15) is 0 Å². The molecule has 0 radical (unpaired) electrons. The Balaban J connectivity index is 1.48. The SMILES string of the molecule is Cc1ccc(CNC(=O)N2CCN(c3ccc(Br)cc3)CC2)cc1. The second kappa shape index (κ2) is 7.71. The van der Waals surface area contributed by atoms with E-state index in [9.17, 15) is 4.79 Å². The van der Waals surface area contributed by atoms with Crippen molar-refractivity contribution in [2.75, 3.05) is 31.1 Å². The largest absolute Gasteiger partial charge is 0.368 e. The summed E-state index contributed by atoms with van der Waals surface area (Å²) in [7, 11) is 0. The van der Waals surface area contributed by atoms with Gasteiger partial charge in [0.15, 0.2) is 0 Å². The monoisotopic (exact) mass is 387 g/mol. The van der Waals surface area contributed by atoms with E-state index >= 15 is 0 Å². The molecule has 1 heterocycles. The zero-order valence-corrected chi connectivity index (χ0v) is 15.4. The minimum Gasteiger partial charge on any atom is -0.368 e. The number of nitrogens with zero attached hydrogens (tertiary/aromatic N) is 2. The molecule has 3 rings (SSSR count). The van der Waals surface area contributed by atoms with Gasteiger partial charge in [-0.3, -0.25) is 0 Å². The van der Waals surface area contributed by atoms with E-state index < -0.39 is 0 Å². The number of halogens is 1. The Morgan fingerprint density at radius 2 is 1.62 bits per heavy atom. The highest BCUT2D eigenvalue weighted by Crippen LogP contribution is 2.19. The number of carbonyl (C=O) groups is 1. The van der Waals surface area contributed by atoms with Gasteiger partial charge in [0.2, 0.25) is 0 Å². The zero-order valence-electron chi connectivity index (χ0n) is 13.8. The molecule has 126 valence electrons. The van der Waals surface area contributed by atoms with Crippen LogP contribution in [-0.4, -0.2) is 37.1 Å². The first kappa shape index (κ1) is 16.8. The molecule has 4 nitrogen and oxygen atoms in total. The highest BCUT2D eigenvalue weighted by atomic mass is 79.9. The quantitative estimate of drug-likeness (QED) is 0.869. The van der Waals surface area contributed by atoms with Crippen LogP contribution in [0.15, 0.2) is 53.0 Å². The molecule has 0 saturated carbocycles. The third-order valence-corrected chi connectivity index (χ3v) is 4.85. The number of aryl methyl sites for hydroxylation is 1. The van der Waals surface area contributed by atoms with Crippen molar-refractivity contribution in [1.29, 1.82) is 0 Å². The summed E-state index contributed by atoms with van der Waals surface area (Å²) < 4.78 is 1.08. The lowest BCUT2D eigenvalue weighted by Crippen LogP contribution is -2.51. The van der Waals surface area contributed by atoms with Gasteiger partial charge in [-0.1, -0.05) is 45.8 Å². The summed E-state index contributed by atoms with van der Waals surface area (Å²) >= 11 is 3.46. The summed E-state index contributed by atoms with van der Waals surface area (Å²) in [6.07, 6.45) is 0. The molecule has 5 heteroatoms. The van der Waals surface area contributed by atoms with Crippen molar-refractivity contribution >= 4 is 27.6 Å². The molecule has 2 aromatic rings. The lowest BCUT2D eigenvalue weighted by molar-refractivity contribution is 0.194. The lowest BCUT2D eigenvalue weighted by atomic mass is 10.1. The Kier molecular flexibility index (Phi) is 5.41. The van der Waals surface area contributed by atoms with E-state index in [1.54, 1.807) is 0 Å². The molecule has 0 spiro atoms. The molecule has 0 bridgehead atoms. The van der Waals surface area contributed by atoms with Crippen molar-refractivity contribution < 1.29 is 4.79 Å². The van der Waals surface area contributed by atoms with Gasteiger partial charge in [-0.05, 0) is 36.8 Å². The molecule has 1 saturated heterocycles. The number of amides is 2. The highest BCUT2D eigenvalue weighted by Gasteiger charge is 2.20. The van der Waals surface area contributed by atoms with Crippen LogP contribution < -0.4 is 10.2 Å². The maximum Gasteiger partial charge on any atom is 0.317 e. The molecule has 0 unspecified atom stereocenters. The smallest absolute Gasteiger partial charge is 0.317 e. The second-order valence-electron chi connectivity index (χ2n) is 6.09. The Hall–Kier alpha value is -2.01. The number of hydrogen-bond acceptors (Lipinski definition) is 2. The van der Waals surface area contributed by atoms with Crippen LogP contribution in [0.3, 0.4) is 0 Å². The van der Waals surface area contributed by atoms with Gasteiger partial charge in [0, 0.05) is 42.9 Å². The summed E-state index contributed by atoms with van der Waals surface area (Å²) in [6.45, 7) is 5.85. The summed E-state index contributed by atoms with van der Waals surface area (Å²) in [5.74, 6) is 0. The zero-order chi connectivity index (χ0) is 16.9.